The quantitative estimate of drug-likeness (QED) is 0.882. The van der Waals surface area contributed by atoms with E-state index in [1.54, 1.807) is 0 Å². The molecule has 2 aromatic rings. The van der Waals surface area contributed by atoms with Gasteiger partial charge in [0.05, 0.1) is 0 Å². The first kappa shape index (κ1) is 17.9. The number of nitrogens with zero attached hydrogens (tertiary/aromatic N) is 1. The summed E-state index contributed by atoms with van der Waals surface area (Å²) in [4.78, 5) is 13.9. The summed E-state index contributed by atoms with van der Waals surface area (Å²) < 4.78 is 11.9. The lowest BCUT2D eigenvalue weighted by atomic mass is 10.1. The molecule has 2 heterocycles. The highest BCUT2D eigenvalue weighted by Crippen LogP contribution is 2.35. The van der Waals surface area contributed by atoms with Crippen LogP contribution in [0.25, 0.3) is 0 Å². The maximum atomic E-state index is 11.5. The van der Waals surface area contributed by atoms with Gasteiger partial charge in [0, 0.05) is 32.1 Å². The molecule has 2 aliphatic heterocycles. The molecule has 0 aromatic heterocycles. The molecule has 0 spiro atoms. The third kappa shape index (κ3) is 4.25. The molecular formula is C22H26N2O3. The third-order valence-corrected chi connectivity index (χ3v) is 5.22. The van der Waals surface area contributed by atoms with Crippen LogP contribution < -0.4 is 14.8 Å². The molecule has 1 fully saturated rings. The van der Waals surface area contributed by atoms with Gasteiger partial charge in [-0.2, -0.15) is 0 Å². The fourth-order valence-corrected chi connectivity index (χ4v) is 3.70. The van der Waals surface area contributed by atoms with E-state index >= 15 is 0 Å². The number of hydrogen-bond acceptors (Lipinski definition) is 4. The predicted molar refractivity (Wildman–Crippen MR) is 104 cm³/mol. The Labute approximate surface area is 160 Å². The number of ether oxygens (including phenoxy) is 2. The fraction of sp³-hybridized carbons (Fsp3) is 0.409. The van der Waals surface area contributed by atoms with Crippen molar-refractivity contribution >= 4 is 5.91 Å². The molecule has 0 aliphatic carbocycles. The van der Waals surface area contributed by atoms with Gasteiger partial charge in [-0.3, -0.25) is 9.69 Å². The van der Waals surface area contributed by atoms with Gasteiger partial charge in [-0.05, 0) is 29.7 Å². The zero-order chi connectivity index (χ0) is 18.6. The Morgan fingerprint density at radius 2 is 1.93 bits per heavy atom. The number of benzene rings is 2. The second-order valence-corrected chi connectivity index (χ2v) is 7.25. The van der Waals surface area contributed by atoms with E-state index in [9.17, 15) is 4.79 Å². The molecule has 27 heavy (non-hydrogen) atoms. The molecule has 142 valence electrons. The van der Waals surface area contributed by atoms with Crippen LogP contribution in [0.5, 0.6) is 11.5 Å². The van der Waals surface area contributed by atoms with Crippen LogP contribution >= 0.6 is 0 Å². The predicted octanol–water partition coefficient (Wildman–Crippen LogP) is 3.30. The van der Waals surface area contributed by atoms with E-state index in [4.69, 9.17) is 9.47 Å². The maximum absolute atomic E-state index is 11.5. The summed E-state index contributed by atoms with van der Waals surface area (Å²) in [6, 6.07) is 16.7. The van der Waals surface area contributed by atoms with Crippen molar-refractivity contribution in [2.75, 3.05) is 19.7 Å². The molecule has 1 amide bonds. The van der Waals surface area contributed by atoms with Crippen molar-refractivity contribution in [3.63, 3.8) is 0 Å². The summed E-state index contributed by atoms with van der Waals surface area (Å²) in [5, 5.41) is 3.09. The number of rotatable bonds is 5. The zero-order valence-corrected chi connectivity index (χ0v) is 15.7. The number of para-hydroxylation sites is 2. The van der Waals surface area contributed by atoms with E-state index in [0.29, 0.717) is 13.0 Å². The van der Waals surface area contributed by atoms with E-state index in [0.717, 1.165) is 43.1 Å². The molecule has 1 N–H and O–H groups in total. The molecule has 5 heteroatoms. The first-order valence-corrected chi connectivity index (χ1v) is 9.70. The Balaban J connectivity index is 1.33. The average Bonchev–Trinajstić information content (AvgIpc) is 3.14. The highest BCUT2D eigenvalue weighted by atomic mass is 16.6. The number of amides is 1. The van der Waals surface area contributed by atoms with E-state index in [1.165, 1.54) is 5.56 Å². The van der Waals surface area contributed by atoms with Crippen molar-refractivity contribution in [2.45, 2.75) is 38.5 Å². The third-order valence-electron chi connectivity index (χ3n) is 5.22. The SMILES string of the molecule is CCC(=O)NC1CCN(Cc2ccc(C3COc4ccccc4O3)cc2)C1. The van der Waals surface area contributed by atoms with Crippen LogP contribution in [0, 0.1) is 0 Å². The number of hydrogen-bond donors (Lipinski definition) is 1. The van der Waals surface area contributed by atoms with Gasteiger partial charge in [-0.15, -0.1) is 0 Å². The van der Waals surface area contributed by atoms with Gasteiger partial charge >= 0.3 is 0 Å². The Morgan fingerprint density at radius 1 is 1.15 bits per heavy atom. The summed E-state index contributed by atoms with van der Waals surface area (Å²) in [6.45, 7) is 5.27. The molecule has 0 radical (unpaired) electrons. The van der Waals surface area contributed by atoms with Crippen molar-refractivity contribution in [3.05, 3.63) is 59.7 Å². The first-order chi connectivity index (χ1) is 13.2. The van der Waals surface area contributed by atoms with E-state index in [-0.39, 0.29) is 18.1 Å². The van der Waals surface area contributed by atoms with E-state index < -0.39 is 0 Å². The number of carbonyl (C=O) groups excluding carboxylic acids is 1. The van der Waals surface area contributed by atoms with Crippen molar-refractivity contribution in [1.29, 1.82) is 0 Å². The summed E-state index contributed by atoms with van der Waals surface area (Å²) in [5.74, 6) is 1.75. The van der Waals surface area contributed by atoms with Crippen molar-refractivity contribution in [2.24, 2.45) is 0 Å². The van der Waals surface area contributed by atoms with Crippen LogP contribution in [0.3, 0.4) is 0 Å². The largest absolute Gasteiger partial charge is 0.485 e. The molecule has 0 bridgehead atoms. The number of carbonyl (C=O) groups is 1. The Morgan fingerprint density at radius 3 is 2.70 bits per heavy atom. The molecule has 2 aliphatic rings. The number of nitrogens with one attached hydrogen (secondary N) is 1. The Kier molecular flexibility index (Phi) is 5.30. The topological polar surface area (TPSA) is 50.8 Å². The second-order valence-electron chi connectivity index (χ2n) is 7.25. The smallest absolute Gasteiger partial charge is 0.219 e. The average molecular weight is 366 g/mol. The molecule has 2 atom stereocenters. The second kappa shape index (κ2) is 8.01. The Bertz CT molecular complexity index is 790. The summed E-state index contributed by atoms with van der Waals surface area (Å²) in [6.07, 6.45) is 1.50. The minimum Gasteiger partial charge on any atom is -0.485 e. The van der Waals surface area contributed by atoms with E-state index in [1.807, 2.05) is 31.2 Å². The van der Waals surface area contributed by atoms with Crippen LogP contribution in [0.15, 0.2) is 48.5 Å². The molecule has 2 unspecified atom stereocenters. The lowest BCUT2D eigenvalue weighted by Gasteiger charge is -2.27. The van der Waals surface area contributed by atoms with Gasteiger partial charge in [0.1, 0.15) is 6.61 Å². The lowest BCUT2D eigenvalue weighted by Crippen LogP contribution is -2.36. The summed E-state index contributed by atoms with van der Waals surface area (Å²) >= 11 is 0. The molecular weight excluding hydrogens is 340 g/mol. The molecule has 0 saturated carbocycles. The van der Waals surface area contributed by atoms with Gasteiger partial charge in [-0.1, -0.05) is 43.3 Å². The van der Waals surface area contributed by atoms with Gasteiger partial charge in [0.25, 0.3) is 0 Å². The highest BCUT2D eigenvalue weighted by molar-refractivity contribution is 5.75. The summed E-state index contributed by atoms with van der Waals surface area (Å²) in [5.41, 5.74) is 2.40. The maximum Gasteiger partial charge on any atom is 0.219 e. The van der Waals surface area contributed by atoms with Crippen LogP contribution in [0.4, 0.5) is 0 Å². The summed E-state index contributed by atoms with van der Waals surface area (Å²) in [7, 11) is 0. The number of fused-ring (bicyclic) bond motifs is 1. The van der Waals surface area contributed by atoms with Crippen LogP contribution in [0.2, 0.25) is 0 Å². The lowest BCUT2D eigenvalue weighted by molar-refractivity contribution is -0.121. The molecule has 4 rings (SSSR count). The minimum atomic E-state index is -0.0747. The zero-order valence-electron chi connectivity index (χ0n) is 15.7. The van der Waals surface area contributed by atoms with Crippen LogP contribution in [0.1, 0.15) is 37.0 Å². The molecule has 5 nitrogen and oxygen atoms in total. The molecule has 2 aromatic carbocycles. The normalized spacial score (nSPS) is 21.8. The van der Waals surface area contributed by atoms with Crippen molar-refractivity contribution in [3.8, 4) is 11.5 Å². The number of likely N-dealkylation sites (tertiary alicyclic amines) is 1. The van der Waals surface area contributed by atoms with Gasteiger partial charge in [0.2, 0.25) is 5.91 Å². The fourth-order valence-electron chi connectivity index (χ4n) is 3.70. The van der Waals surface area contributed by atoms with Gasteiger partial charge in [-0.25, -0.2) is 0 Å². The van der Waals surface area contributed by atoms with Crippen LogP contribution in [-0.2, 0) is 11.3 Å². The monoisotopic (exact) mass is 366 g/mol. The van der Waals surface area contributed by atoms with Gasteiger partial charge < -0.3 is 14.8 Å². The van der Waals surface area contributed by atoms with Gasteiger partial charge in [0.15, 0.2) is 17.6 Å². The Hall–Kier alpha value is -2.53. The van der Waals surface area contributed by atoms with Crippen molar-refractivity contribution < 1.29 is 14.3 Å². The van der Waals surface area contributed by atoms with E-state index in [2.05, 4.69) is 34.5 Å². The molecule has 1 saturated heterocycles. The standard InChI is InChI=1S/C22H26N2O3/c1-2-22(25)23-18-11-12-24(14-18)13-16-7-9-17(10-8-16)21-15-26-19-5-3-4-6-20(19)27-21/h3-10,18,21H,2,11-15H2,1H3,(H,23,25). The first-order valence-electron chi connectivity index (χ1n) is 9.70. The highest BCUT2D eigenvalue weighted by Gasteiger charge is 2.24. The minimum absolute atomic E-state index is 0.0747. The van der Waals surface area contributed by atoms with Crippen LogP contribution in [-0.4, -0.2) is 36.5 Å². The van der Waals surface area contributed by atoms with Crippen molar-refractivity contribution in [1.82, 2.24) is 10.2 Å².